The van der Waals surface area contributed by atoms with Crippen molar-refractivity contribution in [1.29, 1.82) is 5.26 Å². The van der Waals surface area contributed by atoms with Crippen molar-refractivity contribution in [2.75, 3.05) is 13.6 Å². The summed E-state index contributed by atoms with van der Waals surface area (Å²) in [7, 11) is 1.94. The van der Waals surface area contributed by atoms with Crippen LogP contribution in [0.25, 0.3) is 0 Å². The van der Waals surface area contributed by atoms with E-state index in [0.29, 0.717) is 6.54 Å². The number of nitrogens with one attached hydrogen (secondary N) is 1. The molecule has 0 aromatic heterocycles. The maximum atomic E-state index is 12.1. The highest BCUT2D eigenvalue weighted by molar-refractivity contribution is 5.79. The summed E-state index contributed by atoms with van der Waals surface area (Å²) < 4.78 is 0. The van der Waals surface area contributed by atoms with Crippen molar-refractivity contribution in [2.24, 2.45) is 11.3 Å². The van der Waals surface area contributed by atoms with Gasteiger partial charge in [0.05, 0.1) is 12.6 Å². The summed E-state index contributed by atoms with van der Waals surface area (Å²) in [6.45, 7) is 14.5. The van der Waals surface area contributed by atoms with E-state index in [9.17, 15) is 10.1 Å². The molecule has 19 heavy (non-hydrogen) atoms. The summed E-state index contributed by atoms with van der Waals surface area (Å²) in [5.41, 5.74) is -0.686. The van der Waals surface area contributed by atoms with E-state index in [2.05, 4.69) is 39.1 Å². The van der Waals surface area contributed by atoms with E-state index in [4.69, 9.17) is 0 Å². The first kappa shape index (κ1) is 17.9. The van der Waals surface area contributed by atoms with E-state index < -0.39 is 5.54 Å². The molecule has 4 nitrogen and oxygen atoms in total. The van der Waals surface area contributed by atoms with Crippen molar-refractivity contribution < 1.29 is 4.79 Å². The minimum absolute atomic E-state index is 0.0757. The predicted molar refractivity (Wildman–Crippen MR) is 78.5 cm³/mol. The number of carbonyl (C=O) groups is 1. The summed E-state index contributed by atoms with van der Waals surface area (Å²) in [5, 5.41) is 12.0. The van der Waals surface area contributed by atoms with Gasteiger partial charge in [0, 0.05) is 6.04 Å². The Morgan fingerprint density at radius 3 is 2.05 bits per heavy atom. The minimum Gasteiger partial charge on any atom is -0.337 e. The van der Waals surface area contributed by atoms with Crippen LogP contribution in [0.4, 0.5) is 0 Å². The van der Waals surface area contributed by atoms with Crippen LogP contribution in [0, 0.1) is 22.7 Å². The van der Waals surface area contributed by atoms with Gasteiger partial charge in [-0.05, 0) is 32.2 Å². The normalized spacial score (nSPS) is 16.9. The van der Waals surface area contributed by atoms with E-state index in [1.165, 1.54) is 0 Å². The summed E-state index contributed by atoms with van der Waals surface area (Å²) in [6, 6.07) is 2.47. The zero-order valence-electron chi connectivity index (χ0n) is 13.7. The molecule has 0 aliphatic heterocycles. The third kappa shape index (κ3) is 5.20. The first-order valence-corrected chi connectivity index (χ1v) is 6.86. The number of nitrogens with zero attached hydrogens (tertiary/aromatic N) is 2. The molecule has 0 fully saturated rings. The average Bonchev–Trinajstić information content (AvgIpc) is 2.25. The lowest BCUT2D eigenvalue weighted by Gasteiger charge is -2.36. The Morgan fingerprint density at radius 2 is 1.74 bits per heavy atom. The quantitative estimate of drug-likeness (QED) is 0.832. The van der Waals surface area contributed by atoms with Crippen molar-refractivity contribution in [3.63, 3.8) is 0 Å². The molecule has 1 amide bonds. The monoisotopic (exact) mass is 267 g/mol. The molecule has 2 atom stereocenters. The van der Waals surface area contributed by atoms with Crippen molar-refractivity contribution >= 4 is 5.91 Å². The fraction of sp³-hybridized carbons (Fsp3) is 0.867. The van der Waals surface area contributed by atoms with Crippen LogP contribution in [0.3, 0.4) is 0 Å². The Hall–Kier alpha value is -1.08. The second kappa shape index (κ2) is 6.38. The summed E-state index contributed by atoms with van der Waals surface area (Å²) >= 11 is 0. The molecule has 0 heterocycles. The van der Waals surface area contributed by atoms with Crippen LogP contribution in [0.1, 0.15) is 48.5 Å². The van der Waals surface area contributed by atoms with Gasteiger partial charge >= 0.3 is 0 Å². The highest BCUT2D eigenvalue weighted by Gasteiger charge is 2.31. The third-order valence-electron chi connectivity index (χ3n) is 4.09. The van der Waals surface area contributed by atoms with Gasteiger partial charge in [-0.25, -0.2) is 0 Å². The van der Waals surface area contributed by atoms with Crippen LogP contribution >= 0.6 is 0 Å². The van der Waals surface area contributed by atoms with Gasteiger partial charge in [0.15, 0.2) is 0 Å². The molecule has 0 rings (SSSR count). The Labute approximate surface area is 118 Å². The number of carbonyl (C=O) groups excluding carboxylic acids is 1. The number of likely N-dealkylation sites (N-methyl/N-ethyl adjacent to an activating group) is 1. The SMILES string of the molecule is CC(N(C)CC(=O)NC(C)(C#N)C(C)C)C(C)(C)C. The maximum absolute atomic E-state index is 12.1. The minimum atomic E-state index is -0.803. The number of rotatable bonds is 5. The Bertz CT molecular complexity index is 351. The van der Waals surface area contributed by atoms with E-state index in [1.807, 2.05) is 25.8 Å². The molecular formula is C15H29N3O. The number of nitriles is 1. The van der Waals surface area contributed by atoms with Gasteiger partial charge < -0.3 is 5.32 Å². The van der Waals surface area contributed by atoms with Crippen LogP contribution in [-0.2, 0) is 4.79 Å². The van der Waals surface area contributed by atoms with Crippen molar-refractivity contribution in [2.45, 2.75) is 60.0 Å². The molecule has 4 heteroatoms. The van der Waals surface area contributed by atoms with Crippen molar-refractivity contribution in [3.05, 3.63) is 0 Å². The van der Waals surface area contributed by atoms with Gasteiger partial charge in [-0.1, -0.05) is 34.6 Å². The summed E-state index contributed by atoms with van der Waals surface area (Å²) in [5.74, 6) is -0.0249. The molecule has 0 spiro atoms. The van der Waals surface area contributed by atoms with Crippen molar-refractivity contribution in [1.82, 2.24) is 10.2 Å². The smallest absolute Gasteiger partial charge is 0.235 e. The molecule has 0 saturated heterocycles. The molecule has 0 aliphatic rings. The lowest BCUT2D eigenvalue weighted by molar-refractivity contribution is -0.124. The van der Waals surface area contributed by atoms with Crippen LogP contribution < -0.4 is 5.32 Å². The van der Waals surface area contributed by atoms with Crippen LogP contribution in [0.5, 0.6) is 0 Å². The molecule has 0 aromatic carbocycles. The highest BCUT2D eigenvalue weighted by Crippen LogP contribution is 2.22. The van der Waals surface area contributed by atoms with E-state index in [-0.39, 0.29) is 23.3 Å². The molecule has 0 aromatic rings. The number of hydrogen-bond acceptors (Lipinski definition) is 3. The van der Waals surface area contributed by atoms with Gasteiger partial charge in [0.25, 0.3) is 0 Å². The van der Waals surface area contributed by atoms with Crippen molar-refractivity contribution in [3.8, 4) is 6.07 Å². The van der Waals surface area contributed by atoms with Gasteiger partial charge in [0.1, 0.15) is 5.54 Å². The molecule has 110 valence electrons. The van der Waals surface area contributed by atoms with E-state index in [0.717, 1.165) is 0 Å². The van der Waals surface area contributed by atoms with Crippen LogP contribution in [0.15, 0.2) is 0 Å². The molecule has 0 saturated carbocycles. The van der Waals surface area contributed by atoms with Crippen LogP contribution in [-0.4, -0.2) is 36.0 Å². The highest BCUT2D eigenvalue weighted by atomic mass is 16.2. The summed E-state index contributed by atoms with van der Waals surface area (Å²) in [4.78, 5) is 14.1. The second-order valence-electron chi connectivity index (χ2n) is 6.97. The second-order valence-corrected chi connectivity index (χ2v) is 6.97. The first-order chi connectivity index (χ1) is 8.44. The fourth-order valence-corrected chi connectivity index (χ4v) is 1.66. The molecule has 0 bridgehead atoms. The zero-order valence-corrected chi connectivity index (χ0v) is 13.7. The molecule has 2 unspecified atom stereocenters. The lowest BCUT2D eigenvalue weighted by Crippen LogP contribution is -2.53. The third-order valence-corrected chi connectivity index (χ3v) is 4.09. The Morgan fingerprint density at radius 1 is 1.26 bits per heavy atom. The Balaban J connectivity index is 4.61. The zero-order chi connectivity index (χ0) is 15.4. The fourth-order valence-electron chi connectivity index (χ4n) is 1.66. The largest absolute Gasteiger partial charge is 0.337 e. The molecular weight excluding hydrogens is 238 g/mol. The maximum Gasteiger partial charge on any atom is 0.235 e. The van der Waals surface area contributed by atoms with Crippen LogP contribution in [0.2, 0.25) is 0 Å². The predicted octanol–water partition coefficient (Wildman–Crippen LogP) is 2.41. The lowest BCUT2D eigenvalue weighted by atomic mass is 9.87. The van der Waals surface area contributed by atoms with Gasteiger partial charge in [-0.15, -0.1) is 0 Å². The average molecular weight is 267 g/mol. The Kier molecular flexibility index (Phi) is 6.02. The van der Waals surface area contributed by atoms with Gasteiger partial charge in [-0.2, -0.15) is 5.26 Å². The van der Waals surface area contributed by atoms with Gasteiger partial charge in [-0.3, -0.25) is 9.69 Å². The van der Waals surface area contributed by atoms with Gasteiger partial charge in [0.2, 0.25) is 5.91 Å². The topological polar surface area (TPSA) is 56.1 Å². The number of hydrogen-bond donors (Lipinski definition) is 1. The summed E-state index contributed by atoms with van der Waals surface area (Å²) in [6.07, 6.45) is 0. The first-order valence-electron chi connectivity index (χ1n) is 6.86. The van der Waals surface area contributed by atoms with E-state index >= 15 is 0 Å². The molecule has 0 aliphatic carbocycles. The number of amides is 1. The standard InChI is InChI=1S/C15H29N3O/c1-11(2)15(7,10-16)17-13(19)9-18(8)12(3)14(4,5)6/h11-12H,9H2,1-8H3,(H,17,19). The van der Waals surface area contributed by atoms with E-state index in [1.54, 1.807) is 6.92 Å². The molecule has 1 N–H and O–H groups in total. The molecule has 0 radical (unpaired) electrons.